The summed E-state index contributed by atoms with van der Waals surface area (Å²) in [6.45, 7) is 1.82. The molecule has 19 heavy (non-hydrogen) atoms. The van der Waals surface area contributed by atoms with Gasteiger partial charge in [0.1, 0.15) is 0 Å². The van der Waals surface area contributed by atoms with Gasteiger partial charge in [-0.15, -0.1) is 6.42 Å². The molecule has 0 aromatic heterocycles. The summed E-state index contributed by atoms with van der Waals surface area (Å²) < 4.78 is 10.9. The lowest BCUT2D eigenvalue weighted by Gasteiger charge is -2.14. The third kappa shape index (κ3) is 4.80. The van der Waals surface area contributed by atoms with E-state index in [0.717, 1.165) is 23.4 Å². The molecule has 0 spiro atoms. The van der Waals surface area contributed by atoms with E-state index in [1.807, 2.05) is 32.2 Å². The van der Waals surface area contributed by atoms with Crippen molar-refractivity contribution in [1.29, 1.82) is 0 Å². The number of methoxy groups -OCH3 is 1. The molecule has 0 aliphatic heterocycles. The molecular formula is C15H19NO2S. The van der Waals surface area contributed by atoms with Crippen LogP contribution in [0.1, 0.15) is 18.9 Å². The lowest BCUT2D eigenvalue weighted by molar-refractivity contribution is 0.262. The van der Waals surface area contributed by atoms with E-state index in [9.17, 15) is 0 Å². The van der Waals surface area contributed by atoms with Crippen molar-refractivity contribution in [2.24, 2.45) is 0 Å². The Morgan fingerprint density at radius 3 is 2.79 bits per heavy atom. The van der Waals surface area contributed by atoms with Crippen molar-refractivity contribution in [1.82, 2.24) is 5.32 Å². The zero-order valence-electron chi connectivity index (χ0n) is 11.5. The van der Waals surface area contributed by atoms with E-state index < -0.39 is 0 Å². The second-order valence-electron chi connectivity index (χ2n) is 4.09. The normalized spacial score (nSPS) is 11.3. The van der Waals surface area contributed by atoms with Gasteiger partial charge in [0.2, 0.25) is 0 Å². The van der Waals surface area contributed by atoms with Crippen molar-refractivity contribution in [2.75, 3.05) is 14.2 Å². The van der Waals surface area contributed by atoms with Crippen LogP contribution < -0.4 is 14.8 Å². The highest BCUT2D eigenvalue weighted by Crippen LogP contribution is 2.29. The molecule has 3 nitrogen and oxygen atoms in total. The van der Waals surface area contributed by atoms with Crippen LogP contribution in [0, 0.1) is 12.3 Å². The van der Waals surface area contributed by atoms with Crippen molar-refractivity contribution < 1.29 is 9.47 Å². The highest BCUT2D eigenvalue weighted by atomic mass is 32.1. The van der Waals surface area contributed by atoms with E-state index in [1.165, 1.54) is 0 Å². The summed E-state index contributed by atoms with van der Waals surface area (Å²) in [6, 6.07) is 5.83. The molecular weight excluding hydrogens is 258 g/mol. The van der Waals surface area contributed by atoms with Crippen molar-refractivity contribution in [3.63, 3.8) is 0 Å². The van der Waals surface area contributed by atoms with Gasteiger partial charge in [-0.25, -0.2) is 0 Å². The van der Waals surface area contributed by atoms with Gasteiger partial charge in [-0.05, 0) is 31.0 Å². The fraction of sp³-hybridized carbons (Fsp3) is 0.400. The standard InChI is InChI=1S/C15H19NO2S/c1-5-11(2)18-13-8-6-12(10-14(13)17-4)7-9-15(19)16-3/h1,6,8,10-11H,7,9H2,2-4H3,(H,16,19). The van der Waals surface area contributed by atoms with E-state index in [2.05, 4.69) is 11.2 Å². The molecule has 1 N–H and O–H groups in total. The summed E-state index contributed by atoms with van der Waals surface area (Å²) in [5.41, 5.74) is 1.15. The van der Waals surface area contributed by atoms with Crippen LogP contribution in [0.2, 0.25) is 0 Å². The van der Waals surface area contributed by atoms with E-state index in [-0.39, 0.29) is 6.10 Å². The van der Waals surface area contributed by atoms with Crippen molar-refractivity contribution in [2.45, 2.75) is 25.9 Å². The second-order valence-corrected chi connectivity index (χ2v) is 4.58. The van der Waals surface area contributed by atoms with Crippen LogP contribution in [-0.4, -0.2) is 25.2 Å². The summed E-state index contributed by atoms with van der Waals surface area (Å²) in [5.74, 6) is 3.87. The molecule has 0 aliphatic carbocycles. The quantitative estimate of drug-likeness (QED) is 0.639. The maximum absolute atomic E-state index is 5.59. The molecule has 0 aliphatic rings. The number of aryl methyl sites for hydroxylation is 1. The van der Waals surface area contributed by atoms with E-state index in [4.69, 9.17) is 28.1 Å². The van der Waals surface area contributed by atoms with Gasteiger partial charge in [-0.1, -0.05) is 24.2 Å². The summed E-state index contributed by atoms with van der Waals surface area (Å²) in [7, 11) is 3.45. The fourth-order valence-electron chi connectivity index (χ4n) is 1.57. The molecule has 0 bridgehead atoms. The van der Waals surface area contributed by atoms with Crippen LogP contribution in [-0.2, 0) is 6.42 Å². The largest absolute Gasteiger partial charge is 0.493 e. The number of hydrogen-bond acceptors (Lipinski definition) is 3. The fourth-order valence-corrected chi connectivity index (χ4v) is 1.67. The SMILES string of the molecule is C#CC(C)Oc1ccc(CCC(=S)NC)cc1OC. The Balaban J connectivity index is 2.78. The Morgan fingerprint density at radius 2 is 2.21 bits per heavy atom. The molecule has 1 aromatic rings. The first-order valence-electron chi connectivity index (χ1n) is 6.11. The number of ether oxygens (including phenoxy) is 2. The third-order valence-electron chi connectivity index (χ3n) is 2.69. The van der Waals surface area contributed by atoms with Crippen molar-refractivity contribution in [3.8, 4) is 23.8 Å². The molecule has 1 atom stereocenters. The van der Waals surface area contributed by atoms with Gasteiger partial charge in [0.15, 0.2) is 17.6 Å². The predicted molar refractivity (Wildman–Crippen MR) is 81.9 cm³/mol. The van der Waals surface area contributed by atoms with Gasteiger partial charge in [0.25, 0.3) is 0 Å². The van der Waals surface area contributed by atoms with E-state index in [1.54, 1.807) is 7.11 Å². The Labute approximate surface area is 120 Å². The van der Waals surface area contributed by atoms with Crippen molar-refractivity contribution >= 4 is 17.2 Å². The topological polar surface area (TPSA) is 30.5 Å². The summed E-state index contributed by atoms with van der Waals surface area (Å²) in [6.07, 6.45) is 6.70. The number of benzene rings is 1. The average molecular weight is 277 g/mol. The van der Waals surface area contributed by atoms with E-state index in [0.29, 0.717) is 11.5 Å². The first-order chi connectivity index (χ1) is 9.10. The van der Waals surface area contributed by atoms with Gasteiger partial charge in [-0.3, -0.25) is 0 Å². The average Bonchev–Trinajstić information content (AvgIpc) is 2.45. The molecule has 102 valence electrons. The molecule has 0 saturated heterocycles. The molecule has 4 heteroatoms. The number of rotatable bonds is 6. The molecule has 0 fully saturated rings. The van der Waals surface area contributed by atoms with Crippen molar-refractivity contribution in [3.05, 3.63) is 23.8 Å². The highest BCUT2D eigenvalue weighted by molar-refractivity contribution is 7.80. The number of terminal acetylenes is 1. The Morgan fingerprint density at radius 1 is 1.47 bits per heavy atom. The minimum absolute atomic E-state index is 0.281. The van der Waals surface area contributed by atoms with Crippen LogP contribution >= 0.6 is 12.2 Å². The van der Waals surface area contributed by atoms with Gasteiger partial charge >= 0.3 is 0 Å². The molecule has 0 amide bonds. The summed E-state index contributed by atoms with van der Waals surface area (Å²) in [5, 5.41) is 2.96. The highest BCUT2D eigenvalue weighted by Gasteiger charge is 2.08. The van der Waals surface area contributed by atoms with E-state index >= 15 is 0 Å². The summed E-state index contributed by atoms with van der Waals surface area (Å²) in [4.78, 5) is 0.847. The molecule has 0 radical (unpaired) electrons. The summed E-state index contributed by atoms with van der Waals surface area (Å²) >= 11 is 5.12. The molecule has 1 aromatic carbocycles. The Kier molecular flexibility index (Phi) is 6.17. The lowest BCUT2D eigenvalue weighted by Crippen LogP contribution is -2.15. The molecule has 0 saturated carbocycles. The maximum atomic E-state index is 5.59. The number of hydrogen-bond donors (Lipinski definition) is 1. The lowest BCUT2D eigenvalue weighted by atomic mass is 10.1. The van der Waals surface area contributed by atoms with Gasteiger partial charge in [0.05, 0.1) is 12.1 Å². The van der Waals surface area contributed by atoms with Crippen LogP contribution in [0.4, 0.5) is 0 Å². The smallest absolute Gasteiger partial charge is 0.163 e. The van der Waals surface area contributed by atoms with Crippen LogP contribution in [0.15, 0.2) is 18.2 Å². The first kappa shape index (κ1) is 15.3. The molecule has 1 unspecified atom stereocenters. The van der Waals surface area contributed by atoms with Crippen LogP contribution in [0.5, 0.6) is 11.5 Å². The zero-order chi connectivity index (χ0) is 14.3. The molecule has 1 rings (SSSR count). The Hall–Kier alpha value is -1.73. The molecule has 0 heterocycles. The van der Waals surface area contributed by atoms with Crippen LogP contribution in [0.25, 0.3) is 0 Å². The third-order valence-corrected chi connectivity index (χ3v) is 3.09. The number of nitrogens with one attached hydrogen (secondary N) is 1. The Bertz CT molecular complexity index is 480. The monoisotopic (exact) mass is 277 g/mol. The predicted octanol–water partition coefficient (Wildman–Crippen LogP) is 2.58. The van der Waals surface area contributed by atoms with Gasteiger partial charge in [-0.2, -0.15) is 0 Å². The number of thiocarbonyl (C=S) groups is 1. The first-order valence-corrected chi connectivity index (χ1v) is 6.51. The minimum atomic E-state index is -0.281. The maximum Gasteiger partial charge on any atom is 0.163 e. The van der Waals surface area contributed by atoms with Gasteiger partial charge < -0.3 is 14.8 Å². The van der Waals surface area contributed by atoms with Crippen LogP contribution in [0.3, 0.4) is 0 Å². The van der Waals surface area contributed by atoms with Gasteiger partial charge in [0, 0.05) is 13.5 Å². The zero-order valence-corrected chi connectivity index (χ0v) is 12.3. The second kappa shape index (κ2) is 7.65. The minimum Gasteiger partial charge on any atom is -0.493 e.